The van der Waals surface area contributed by atoms with E-state index < -0.39 is 5.54 Å². The number of benzene rings is 1. The maximum atomic E-state index is 13.5. The van der Waals surface area contributed by atoms with E-state index in [-0.39, 0.29) is 35.2 Å². The summed E-state index contributed by atoms with van der Waals surface area (Å²) in [6.07, 6.45) is 4.59. The molecule has 5 rings (SSSR count). The van der Waals surface area contributed by atoms with Crippen LogP contribution in [0, 0.1) is 0 Å². The number of fused-ring (bicyclic) bond motifs is 1. The molecule has 0 aromatic heterocycles. The highest BCUT2D eigenvalue weighted by Gasteiger charge is 2.50. The molecule has 1 N–H and O–H groups in total. The topological polar surface area (TPSA) is 76.2 Å². The Bertz CT molecular complexity index is 1040. The molecule has 0 unspecified atom stereocenters. The van der Waals surface area contributed by atoms with Crippen LogP contribution in [-0.4, -0.2) is 101 Å². The van der Waals surface area contributed by atoms with E-state index in [9.17, 15) is 14.4 Å². The quantitative estimate of drug-likeness (QED) is 0.639. The van der Waals surface area contributed by atoms with Gasteiger partial charge in [0.25, 0.3) is 0 Å². The van der Waals surface area contributed by atoms with Gasteiger partial charge in [0.05, 0.1) is 12.0 Å². The lowest BCUT2D eigenvalue weighted by Crippen LogP contribution is -2.56. The number of carbonyl (C=O) groups excluding carboxylic acids is 3. The van der Waals surface area contributed by atoms with E-state index in [1.54, 1.807) is 6.92 Å². The molecule has 8 nitrogen and oxygen atoms in total. The van der Waals surface area contributed by atoms with Gasteiger partial charge in [0, 0.05) is 58.3 Å². The molecular formula is C31H47N5O3. The lowest BCUT2D eigenvalue weighted by atomic mass is 9.83. The highest BCUT2D eigenvalue weighted by molar-refractivity contribution is 5.92. The van der Waals surface area contributed by atoms with Crippen molar-refractivity contribution in [3.05, 3.63) is 35.4 Å². The molecule has 1 aromatic carbocycles. The summed E-state index contributed by atoms with van der Waals surface area (Å²) in [6.45, 7) is 13.2. The highest BCUT2D eigenvalue weighted by atomic mass is 16.2. The predicted octanol–water partition coefficient (Wildman–Crippen LogP) is 2.75. The number of likely N-dealkylation sites (N-methyl/N-ethyl adjacent to an activating group) is 1. The fourth-order valence-corrected chi connectivity index (χ4v) is 7.11. The van der Waals surface area contributed by atoms with Crippen molar-refractivity contribution in [3.8, 4) is 0 Å². The molecule has 4 aliphatic rings. The average molecular weight is 538 g/mol. The summed E-state index contributed by atoms with van der Waals surface area (Å²) in [6, 6.07) is 9.12. The molecule has 3 amide bonds. The molecule has 214 valence electrons. The Morgan fingerprint density at radius 3 is 2.26 bits per heavy atom. The van der Waals surface area contributed by atoms with Crippen LogP contribution in [0.3, 0.4) is 0 Å². The standard InChI is InChI=1S/C31H47N5O3/c1-22(37)35-14-10-25(11-15-35)33(5)26-18-27-29(39)32-31(19-28(38)36(27)21-26)12-16-34(17-13-31)20-23-6-8-24(9-7-23)30(2,3)4/h6-9,25-27H,10-21H2,1-5H3,(H,32,39)/t26-,27-/m0/s1. The zero-order valence-electron chi connectivity index (χ0n) is 24.5. The fourth-order valence-electron chi connectivity index (χ4n) is 7.11. The number of rotatable bonds is 4. The van der Waals surface area contributed by atoms with E-state index >= 15 is 0 Å². The van der Waals surface area contributed by atoms with Gasteiger partial charge in [-0.15, -0.1) is 0 Å². The Hall–Kier alpha value is -2.45. The van der Waals surface area contributed by atoms with Crippen LogP contribution in [0.15, 0.2) is 24.3 Å². The third-order valence-electron chi connectivity index (χ3n) is 9.88. The monoisotopic (exact) mass is 537 g/mol. The van der Waals surface area contributed by atoms with Crippen LogP contribution >= 0.6 is 0 Å². The molecule has 4 heterocycles. The average Bonchev–Trinajstić information content (AvgIpc) is 3.32. The molecule has 1 spiro atoms. The van der Waals surface area contributed by atoms with Gasteiger partial charge in [-0.3, -0.25) is 24.2 Å². The second kappa shape index (κ2) is 10.8. The maximum Gasteiger partial charge on any atom is 0.243 e. The lowest BCUT2D eigenvalue weighted by molar-refractivity contribution is -0.136. The smallest absolute Gasteiger partial charge is 0.243 e. The van der Waals surface area contributed by atoms with Gasteiger partial charge in [-0.05, 0) is 55.7 Å². The van der Waals surface area contributed by atoms with Crippen molar-refractivity contribution in [2.24, 2.45) is 0 Å². The number of nitrogens with zero attached hydrogens (tertiary/aromatic N) is 4. The molecule has 4 saturated heterocycles. The van der Waals surface area contributed by atoms with E-state index in [2.05, 4.69) is 67.2 Å². The van der Waals surface area contributed by atoms with Crippen LogP contribution < -0.4 is 5.32 Å². The molecule has 0 bridgehead atoms. The minimum Gasteiger partial charge on any atom is -0.348 e. The summed E-state index contributed by atoms with van der Waals surface area (Å²) in [5.41, 5.74) is 2.38. The Balaban J connectivity index is 1.15. The molecule has 4 fully saturated rings. The number of hydrogen-bond acceptors (Lipinski definition) is 5. The van der Waals surface area contributed by atoms with Gasteiger partial charge in [0.2, 0.25) is 17.7 Å². The zero-order chi connectivity index (χ0) is 27.9. The Morgan fingerprint density at radius 1 is 1.03 bits per heavy atom. The third kappa shape index (κ3) is 6.02. The summed E-state index contributed by atoms with van der Waals surface area (Å²) in [5, 5.41) is 3.37. The van der Waals surface area contributed by atoms with Crippen LogP contribution in [0.4, 0.5) is 0 Å². The van der Waals surface area contributed by atoms with E-state index in [0.717, 1.165) is 58.4 Å². The molecular weight excluding hydrogens is 490 g/mol. The van der Waals surface area contributed by atoms with E-state index in [1.165, 1.54) is 11.1 Å². The summed E-state index contributed by atoms with van der Waals surface area (Å²) in [5.74, 6) is 0.281. The SMILES string of the molecule is CC(=O)N1CCC(N(C)[C@H]2C[C@H]3C(=O)NC4(CCN(Cc5ccc(C(C)(C)C)cc5)CC4)CC(=O)N3C2)CC1. The number of hydrogen-bond donors (Lipinski definition) is 1. The summed E-state index contributed by atoms with van der Waals surface area (Å²) >= 11 is 0. The van der Waals surface area contributed by atoms with Gasteiger partial charge in [-0.25, -0.2) is 0 Å². The minimum absolute atomic E-state index is 0.0226. The first-order valence-corrected chi connectivity index (χ1v) is 14.8. The van der Waals surface area contributed by atoms with Crippen LogP contribution in [0.2, 0.25) is 0 Å². The molecule has 0 radical (unpaired) electrons. The number of piperidine rings is 2. The predicted molar refractivity (Wildman–Crippen MR) is 152 cm³/mol. The Morgan fingerprint density at radius 2 is 1.67 bits per heavy atom. The van der Waals surface area contributed by atoms with Gasteiger partial charge in [-0.2, -0.15) is 0 Å². The second-order valence-corrected chi connectivity index (χ2v) is 13.5. The molecule has 39 heavy (non-hydrogen) atoms. The highest BCUT2D eigenvalue weighted by Crippen LogP contribution is 2.35. The number of nitrogens with one attached hydrogen (secondary N) is 1. The largest absolute Gasteiger partial charge is 0.348 e. The lowest BCUT2D eigenvalue weighted by Gasteiger charge is -2.41. The normalized spacial score (nSPS) is 26.6. The summed E-state index contributed by atoms with van der Waals surface area (Å²) in [7, 11) is 2.13. The molecule has 2 atom stereocenters. The first-order valence-electron chi connectivity index (χ1n) is 14.8. The van der Waals surface area contributed by atoms with Gasteiger partial charge in [0.15, 0.2) is 0 Å². The zero-order valence-corrected chi connectivity index (χ0v) is 24.5. The third-order valence-corrected chi connectivity index (χ3v) is 9.88. The molecule has 8 heteroatoms. The first-order chi connectivity index (χ1) is 18.4. The molecule has 0 saturated carbocycles. The first kappa shape index (κ1) is 28.1. The fraction of sp³-hybridized carbons (Fsp3) is 0.710. The minimum atomic E-state index is -0.425. The van der Waals surface area contributed by atoms with Crippen molar-refractivity contribution in [1.29, 1.82) is 0 Å². The van der Waals surface area contributed by atoms with Crippen LogP contribution in [0.5, 0.6) is 0 Å². The van der Waals surface area contributed by atoms with Crippen LogP contribution in [-0.2, 0) is 26.3 Å². The number of amides is 3. The van der Waals surface area contributed by atoms with Crippen molar-refractivity contribution in [3.63, 3.8) is 0 Å². The van der Waals surface area contributed by atoms with Gasteiger partial charge in [-0.1, -0.05) is 45.0 Å². The Kier molecular flexibility index (Phi) is 7.81. The van der Waals surface area contributed by atoms with E-state index in [0.29, 0.717) is 25.4 Å². The molecule has 1 aromatic rings. The van der Waals surface area contributed by atoms with Crippen molar-refractivity contribution in [1.82, 2.24) is 24.9 Å². The van der Waals surface area contributed by atoms with Crippen molar-refractivity contribution < 1.29 is 14.4 Å². The van der Waals surface area contributed by atoms with Crippen molar-refractivity contribution in [2.45, 2.75) is 102 Å². The Labute approximate surface area is 234 Å². The van der Waals surface area contributed by atoms with Gasteiger partial charge in [0.1, 0.15) is 6.04 Å². The molecule has 4 aliphatic heterocycles. The summed E-state index contributed by atoms with van der Waals surface area (Å²) < 4.78 is 0. The van der Waals surface area contributed by atoms with Crippen LogP contribution in [0.25, 0.3) is 0 Å². The van der Waals surface area contributed by atoms with Gasteiger partial charge >= 0.3 is 0 Å². The molecule has 0 aliphatic carbocycles. The number of carbonyl (C=O) groups is 3. The summed E-state index contributed by atoms with van der Waals surface area (Å²) in [4.78, 5) is 47.3. The van der Waals surface area contributed by atoms with Crippen molar-refractivity contribution >= 4 is 17.7 Å². The van der Waals surface area contributed by atoms with E-state index in [1.807, 2.05) is 9.80 Å². The number of likely N-dealkylation sites (tertiary alicyclic amines) is 2. The maximum absolute atomic E-state index is 13.5. The van der Waals surface area contributed by atoms with Gasteiger partial charge < -0.3 is 15.1 Å². The second-order valence-electron chi connectivity index (χ2n) is 13.5. The van der Waals surface area contributed by atoms with Crippen molar-refractivity contribution in [2.75, 3.05) is 39.8 Å². The van der Waals surface area contributed by atoms with Crippen LogP contribution in [0.1, 0.15) is 77.3 Å². The van der Waals surface area contributed by atoms with E-state index in [4.69, 9.17) is 0 Å².